The molecule has 1 amide bonds. The molecule has 2 aromatic carbocycles. The third-order valence-electron chi connectivity index (χ3n) is 4.73. The number of benzene rings is 2. The Bertz CT molecular complexity index is 1210. The number of hydrogen-bond donors (Lipinski definition) is 0. The van der Waals surface area contributed by atoms with Crippen LogP contribution in [0, 0.1) is 0 Å². The fraction of sp³-hybridized carbons (Fsp3) is 0.318. The van der Waals surface area contributed by atoms with E-state index in [9.17, 15) is 9.59 Å². The van der Waals surface area contributed by atoms with Crippen molar-refractivity contribution < 1.29 is 33.3 Å². The van der Waals surface area contributed by atoms with Gasteiger partial charge < -0.3 is 28.3 Å². The molecule has 0 aliphatic heterocycles. The number of fused-ring (bicyclic) bond motifs is 1. The molecule has 9 nitrogen and oxygen atoms in total. The van der Waals surface area contributed by atoms with E-state index in [0.29, 0.717) is 33.3 Å². The zero-order chi connectivity index (χ0) is 23.3. The highest BCUT2D eigenvalue weighted by molar-refractivity contribution is 7.16. The summed E-state index contributed by atoms with van der Waals surface area (Å²) >= 11 is 1.27. The van der Waals surface area contributed by atoms with Crippen LogP contribution < -0.4 is 23.7 Å². The van der Waals surface area contributed by atoms with E-state index in [-0.39, 0.29) is 18.9 Å². The summed E-state index contributed by atoms with van der Waals surface area (Å²) in [6, 6.07) is 8.76. The van der Waals surface area contributed by atoms with Gasteiger partial charge in [-0.15, -0.1) is 0 Å². The highest BCUT2D eigenvalue weighted by Gasteiger charge is 2.16. The van der Waals surface area contributed by atoms with Crippen molar-refractivity contribution in [2.75, 3.05) is 35.5 Å². The van der Waals surface area contributed by atoms with Crippen molar-refractivity contribution in [3.63, 3.8) is 0 Å². The molecule has 0 spiro atoms. The molecule has 3 rings (SSSR count). The Labute approximate surface area is 188 Å². The van der Waals surface area contributed by atoms with Crippen molar-refractivity contribution in [1.29, 1.82) is 0 Å². The van der Waals surface area contributed by atoms with Gasteiger partial charge in [0.25, 0.3) is 5.91 Å². The average Bonchev–Trinajstić information content (AvgIpc) is 3.12. The first-order chi connectivity index (χ1) is 15.4. The Kier molecular flexibility index (Phi) is 7.37. The van der Waals surface area contributed by atoms with E-state index >= 15 is 0 Å². The number of aromatic nitrogens is 1. The second-order valence-corrected chi connectivity index (χ2v) is 7.60. The highest BCUT2D eigenvalue weighted by Crippen LogP contribution is 2.33. The minimum atomic E-state index is -0.465. The molecule has 0 fully saturated rings. The van der Waals surface area contributed by atoms with Gasteiger partial charge in [-0.3, -0.25) is 9.59 Å². The number of ether oxygens (including phenoxy) is 5. The molecule has 32 heavy (non-hydrogen) atoms. The van der Waals surface area contributed by atoms with Crippen LogP contribution in [0.15, 0.2) is 35.3 Å². The SMILES string of the molecule is COC(=O)Cn1c(=NC(=O)Cc2ccc(OC)c(OC)c2)sc2cc(OC)c(OC)cc21. The second kappa shape index (κ2) is 10.2. The molecule has 1 aromatic heterocycles. The minimum absolute atomic E-state index is 0.0550. The largest absolute Gasteiger partial charge is 0.493 e. The van der Waals surface area contributed by atoms with Crippen molar-refractivity contribution in [1.82, 2.24) is 4.57 Å². The first-order valence-corrected chi connectivity index (χ1v) is 10.4. The van der Waals surface area contributed by atoms with Crippen molar-refractivity contribution in [3.8, 4) is 23.0 Å². The topological polar surface area (TPSA) is 97.6 Å². The lowest BCUT2D eigenvalue weighted by Gasteiger charge is -2.09. The number of amides is 1. The molecule has 0 aliphatic rings. The Hall–Kier alpha value is -3.53. The standard InChI is InChI=1S/C22H24N2O7S/c1-27-15-7-6-13(8-16(15)28-2)9-20(25)23-22-24(12-21(26)31-5)14-10-17(29-3)18(30-4)11-19(14)32-22/h6-8,10-11H,9,12H2,1-5H3. The van der Waals surface area contributed by atoms with Crippen LogP contribution >= 0.6 is 11.3 Å². The number of thiazole rings is 1. The molecule has 0 saturated carbocycles. The smallest absolute Gasteiger partial charge is 0.325 e. The maximum atomic E-state index is 12.8. The van der Waals surface area contributed by atoms with Gasteiger partial charge in [0, 0.05) is 12.1 Å². The summed E-state index contributed by atoms with van der Waals surface area (Å²) in [4.78, 5) is 29.4. The summed E-state index contributed by atoms with van der Waals surface area (Å²) in [5.41, 5.74) is 1.40. The van der Waals surface area contributed by atoms with E-state index < -0.39 is 5.97 Å². The Morgan fingerprint density at radius 3 is 2.12 bits per heavy atom. The predicted octanol–water partition coefficient (Wildman–Crippen LogP) is 2.58. The molecule has 0 unspecified atom stereocenters. The number of hydrogen-bond acceptors (Lipinski definition) is 8. The van der Waals surface area contributed by atoms with Crippen LogP contribution in [0.25, 0.3) is 10.2 Å². The molecular formula is C22H24N2O7S. The van der Waals surface area contributed by atoms with E-state index in [2.05, 4.69) is 4.99 Å². The van der Waals surface area contributed by atoms with Crippen molar-refractivity contribution >= 4 is 33.4 Å². The predicted molar refractivity (Wildman–Crippen MR) is 119 cm³/mol. The number of nitrogens with zero attached hydrogens (tertiary/aromatic N) is 2. The van der Waals surface area contributed by atoms with Crippen LogP contribution in [0.4, 0.5) is 0 Å². The van der Waals surface area contributed by atoms with Crippen LogP contribution in [0.2, 0.25) is 0 Å². The Balaban J connectivity index is 2.04. The van der Waals surface area contributed by atoms with Crippen molar-refractivity contribution in [2.45, 2.75) is 13.0 Å². The molecule has 0 saturated heterocycles. The molecule has 0 N–H and O–H groups in total. The van der Waals surface area contributed by atoms with E-state index in [4.69, 9.17) is 23.7 Å². The van der Waals surface area contributed by atoms with Crippen molar-refractivity contribution in [2.24, 2.45) is 4.99 Å². The quantitative estimate of drug-likeness (QED) is 0.477. The molecular weight excluding hydrogens is 436 g/mol. The maximum absolute atomic E-state index is 12.8. The third kappa shape index (κ3) is 4.86. The van der Waals surface area contributed by atoms with E-state index in [1.54, 1.807) is 42.0 Å². The molecule has 0 bridgehead atoms. The van der Waals surface area contributed by atoms with E-state index in [1.807, 2.05) is 0 Å². The highest BCUT2D eigenvalue weighted by atomic mass is 32.1. The monoisotopic (exact) mass is 460 g/mol. The maximum Gasteiger partial charge on any atom is 0.325 e. The second-order valence-electron chi connectivity index (χ2n) is 6.59. The lowest BCUT2D eigenvalue weighted by molar-refractivity contribution is -0.141. The van der Waals surface area contributed by atoms with Gasteiger partial charge in [0.15, 0.2) is 27.8 Å². The minimum Gasteiger partial charge on any atom is -0.493 e. The number of carbonyl (C=O) groups is 2. The Morgan fingerprint density at radius 1 is 0.875 bits per heavy atom. The normalized spacial score (nSPS) is 11.3. The Morgan fingerprint density at radius 2 is 1.50 bits per heavy atom. The lowest BCUT2D eigenvalue weighted by Crippen LogP contribution is -2.22. The molecule has 1 heterocycles. The lowest BCUT2D eigenvalue weighted by atomic mass is 10.1. The van der Waals surface area contributed by atoms with E-state index in [1.165, 1.54) is 39.8 Å². The van der Waals surface area contributed by atoms with Crippen LogP contribution in [-0.2, 0) is 27.3 Å². The van der Waals surface area contributed by atoms with Gasteiger partial charge in [-0.05, 0) is 17.7 Å². The van der Waals surface area contributed by atoms with Gasteiger partial charge in [-0.2, -0.15) is 4.99 Å². The first-order valence-electron chi connectivity index (χ1n) is 9.54. The van der Waals surface area contributed by atoms with Gasteiger partial charge in [-0.1, -0.05) is 17.4 Å². The van der Waals surface area contributed by atoms with E-state index in [0.717, 1.165) is 10.3 Å². The molecule has 170 valence electrons. The fourth-order valence-corrected chi connectivity index (χ4v) is 4.20. The molecule has 0 aliphatic carbocycles. The summed E-state index contributed by atoms with van der Waals surface area (Å²) in [5.74, 6) is 1.30. The first kappa shape index (κ1) is 23.1. The molecule has 10 heteroatoms. The van der Waals surface area contributed by atoms with Crippen LogP contribution in [0.3, 0.4) is 0 Å². The summed E-state index contributed by atoms with van der Waals surface area (Å²) < 4.78 is 28.5. The summed E-state index contributed by atoms with van der Waals surface area (Å²) in [6.07, 6.45) is 0.0550. The van der Waals surface area contributed by atoms with Gasteiger partial charge in [0.05, 0.1) is 52.2 Å². The molecule has 3 aromatic rings. The molecule has 0 radical (unpaired) electrons. The van der Waals surface area contributed by atoms with Gasteiger partial charge in [0.2, 0.25) is 0 Å². The zero-order valence-corrected chi connectivity index (χ0v) is 19.3. The average molecular weight is 461 g/mol. The number of esters is 1. The van der Waals surface area contributed by atoms with Crippen LogP contribution in [0.1, 0.15) is 5.56 Å². The number of methoxy groups -OCH3 is 5. The molecule has 0 atom stereocenters. The van der Waals surface area contributed by atoms with Crippen LogP contribution in [0.5, 0.6) is 23.0 Å². The van der Waals surface area contributed by atoms with Gasteiger partial charge in [-0.25, -0.2) is 0 Å². The number of rotatable bonds is 8. The van der Waals surface area contributed by atoms with Gasteiger partial charge >= 0.3 is 5.97 Å². The van der Waals surface area contributed by atoms with Gasteiger partial charge in [0.1, 0.15) is 6.54 Å². The summed E-state index contributed by atoms with van der Waals surface area (Å²) in [6.45, 7) is -0.103. The third-order valence-corrected chi connectivity index (χ3v) is 5.77. The van der Waals surface area contributed by atoms with Crippen LogP contribution in [-0.4, -0.2) is 52.0 Å². The number of carbonyl (C=O) groups excluding carboxylic acids is 2. The zero-order valence-electron chi connectivity index (χ0n) is 18.5. The van der Waals surface area contributed by atoms with Crippen molar-refractivity contribution in [3.05, 3.63) is 40.7 Å². The fourth-order valence-electron chi connectivity index (χ4n) is 3.14. The summed E-state index contributed by atoms with van der Waals surface area (Å²) in [7, 11) is 7.45. The summed E-state index contributed by atoms with van der Waals surface area (Å²) in [5, 5.41) is 0.